The number of hydrogen-bond acceptors (Lipinski definition) is 7. The van der Waals surface area contributed by atoms with Crippen LogP contribution >= 0.6 is 23.1 Å². The molecule has 0 saturated carbocycles. The number of nitrogens with one attached hydrogen (secondary N) is 1. The number of para-hydroxylation sites is 1. The largest absolute Gasteiger partial charge is 0.351 e. The number of benzene rings is 1. The van der Waals surface area contributed by atoms with Crippen LogP contribution in [0.25, 0.3) is 10.9 Å². The Morgan fingerprint density at radius 2 is 1.94 bits per heavy atom. The average Bonchev–Trinajstić information content (AvgIpc) is 3.62. The number of thiophene rings is 1. The molecule has 36 heavy (non-hydrogen) atoms. The minimum atomic E-state index is -3.64. The molecule has 3 aromatic rings. The third-order valence-corrected chi connectivity index (χ3v) is 11.5. The first-order chi connectivity index (χ1) is 17.1. The molecule has 1 aromatic carbocycles. The van der Waals surface area contributed by atoms with Gasteiger partial charge in [-0.2, -0.15) is 0 Å². The van der Waals surface area contributed by atoms with Crippen molar-refractivity contribution in [3.63, 3.8) is 0 Å². The van der Waals surface area contributed by atoms with Crippen LogP contribution in [0.4, 0.5) is 5.69 Å². The number of carbonyl (C=O) groups excluding carboxylic acids is 1. The zero-order chi connectivity index (χ0) is 25.6. The fourth-order valence-corrected chi connectivity index (χ4v) is 8.24. The highest BCUT2D eigenvalue weighted by atomic mass is 32.2. The van der Waals surface area contributed by atoms with Crippen molar-refractivity contribution in [2.45, 2.75) is 41.8 Å². The number of H-pyrrole nitrogens is 1. The molecule has 0 spiro atoms. The molecule has 4 heterocycles. The van der Waals surface area contributed by atoms with Crippen LogP contribution in [0.15, 0.2) is 51.0 Å². The van der Waals surface area contributed by atoms with Crippen LogP contribution in [-0.4, -0.2) is 85.2 Å². The Bertz CT molecular complexity index is 1390. The molecule has 11 heteroatoms. The smallest absolute Gasteiger partial charge is 0.273 e. The van der Waals surface area contributed by atoms with E-state index in [1.807, 2.05) is 23.1 Å². The number of piperazine rings is 1. The Labute approximate surface area is 220 Å². The number of fused-ring (bicyclic) bond motifs is 1. The predicted molar refractivity (Wildman–Crippen MR) is 149 cm³/mol. The van der Waals surface area contributed by atoms with Crippen molar-refractivity contribution < 1.29 is 13.2 Å². The van der Waals surface area contributed by atoms with Crippen molar-refractivity contribution in [3.8, 4) is 0 Å². The quantitative estimate of drug-likeness (QED) is 0.508. The van der Waals surface area contributed by atoms with E-state index in [0.29, 0.717) is 34.9 Å². The number of amides is 1. The van der Waals surface area contributed by atoms with Gasteiger partial charge in [0.2, 0.25) is 5.91 Å². The third-order valence-electron chi connectivity index (χ3n) is 7.15. The van der Waals surface area contributed by atoms with Gasteiger partial charge in [0.05, 0.1) is 23.4 Å². The molecule has 3 atom stereocenters. The molecule has 1 unspecified atom stereocenters. The molecule has 2 aliphatic rings. The molecule has 8 nitrogen and oxygen atoms in total. The molecule has 1 fully saturated rings. The van der Waals surface area contributed by atoms with E-state index in [9.17, 15) is 13.2 Å². The second kappa shape index (κ2) is 9.85. The summed E-state index contributed by atoms with van der Waals surface area (Å²) < 4.78 is 27.8. The van der Waals surface area contributed by atoms with Gasteiger partial charge in [0.25, 0.3) is 10.0 Å². The first-order valence-electron chi connectivity index (χ1n) is 12.0. The van der Waals surface area contributed by atoms with E-state index < -0.39 is 10.0 Å². The molecule has 0 radical (unpaired) electrons. The van der Waals surface area contributed by atoms with E-state index in [2.05, 4.69) is 30.8 Å². The lowest BCUT2D eigenvalue weighted by Crippen LogP contribution is -2.56. The molecular formula is C25H31N5O3S3. The summed E-state index contributed by atoms with van der Waals surface area (Å²) in [6.07, 6.45) is 0.466. The zero-order valence-electron chi connectivity index (χ0n) is 20.8. The van der Waals surface area contributed by atoms with Gasteiger partial charge in [-0.3, -0.25) is 19.0 Å². The van der Waals surface area contributed by atoms with E-state index in [1.165, 1.54) is 15.6 Å². The second-order valence-electron chi connectivity index (χ2n) is 9.58. The maximum Gasteiger partial charge on any atom is 0.273 e. The summed E-state index contributed by atoms with van der Waals surface area (Å²) in [7, 11) is 0.0504. The highest BCUT2D eigenvalue weighted by Crippen LogP contribution is 2.34. The van der Waals surface area contributed by atoms with Crippen molar-refractivity contribution in [1.82, 2.24) is 14.8 Å². The lowest BCUT2D eigenvalue weighted by molar-refractivity contribution is -0.135. The lowest BCUT2D eigenvalue weighted by atomic mass is 10.1. The second-order valence-corrected chi connectivity index (χ2v) is 14.0. The standard InChI is InChI=1S/C25H31N5O3S3/c1-16-14-30(15-17(2)28(16)3)22(31)12-19-13-26-25(35-19)20-11-18-7-5-8-21(24(18)27-20)29(4)36(32,33)23-9-6-10-34-23/h5-11,16-17,19,27H,12-15H2,1-4H3/t16-,17+,19?. The number of anilines is 1. The van der Waals surface area contributed by atoms with Gasteiger partial charge >= 0.3 is 0 Å². The molecule has 0 aliphatic carbocycles. The van der Waals surface area contributed by atoms with Crippen molar-refractivity contribution in [2.24, 2.45) is 4.99 Å². The Morgan fingerprint density at radius 3 is 2.64 bits per heavy atom. The Kier molecular flexibility index (Phi) is 6.92. The normalized spacial score (nSPS) is 23.3. The Morgan fingerprint density at radius 1 is 1.19 bits per heavy atom. The van der Waals surface area contributed by atoms with E-state index in [1.54, 1.807) is 42.4 Å². The van der Waals surface area contributed by atoms with Gasteiger partial charge in [-0.05, 0) is 44.5 Å². The summed E-state index contributed by atoms with van der Waals surface area (Å²) in [5.41, 5.74) is 2.18. The molecule has 1 saturated heterocycles. The summed E-state index contributed by atoms with van der Waals surface area (Å²) in [5.74, 6) is 0.190. The Balaban J connectivity index is 1.30. The summed E-state index contributed by atoms with van der Waals surface area (Å²) in [6.45, 7) is 6.44. The van der Waals surface area contributed by atoms with Crippen LogP contribution in [0.1, 0.15) is 26.0 Å². The number of hydrogen-bond donors (Lipinski definition) is 1. The molecule has 1 amide bonds. The van der Waals surface area contributed by atoms with Gasteiger partial charge in [-0.1, -0.05) is 30.0 Å². The average molecular weight is 546 g/mol. The number of rotatable bonds is 6. The highest BCUT2D eigenvalue weighted by Gasteiger charge is 2.32. The summed E-state index contributed by atoms with van der Waals surface area (Å²) in [5, 5.41) is 3.64. The van der Waals surface area contributed by atoms with E-state index in [0.717, 1.165) is 34.7 Å². The van der Waals surface area contributed by atoms with Crippen molar-refractivity contribution in [2.75, 3.05) is 38.0 Å². The zero-order valence-corrected chi connectivity index (χ0v) is 23.3. The molecular weight excluding hydrogens is 515 g/mol. The molecule has 0 bridgehead atoms. The van der Waals surface area contributed by atoms with Gasteiger partial charge < -0.3 is 9.88 Å². The lowest BCUT2D eigenvalue weighted by Gasteiger charge is -2.42. The fourth-order valence-electron chi connectivity index (χ4n) is 4.80. The number of thioether (sulfide) groups is 1. The molecule has 2 aromatic heterocycles. The Hall–Kier alpha value is -2.34. The number of aliphatic imine (C=N–C) groups is 1. The van der Waals surface area contributed by atoms with Gasteiger partial charge in [0, 0.05) is 49.3 Å². The van der Waals surface area contributed by atoms with Gasteiger partial charge in [-0.25, -0.2) is 8.42 Å². The molecule has 192 valence electrons. The number of aromatic nitrogens is 1. The van der Waals surface area contributed by atoms with Gasteiger partial charge in [-0.15, -0.1) is 11.3 Å². The van der Waals surface area contributed by atoms with E-state index >= 15 is 0 Å². The van der Waals surface area contributed by atoms with Crippen LogP contribution < -0.4 is 4.31 Å². The maximum absolute atomic E-state index is 13.1. The minimum absolute atomic E-state index is 0.102. The highest BCUT2D eigenvalue weighted by molar-refractivity contribution is 8.15. The number of nitrogens with zero attached hydrogens (tertiary/aromatic N) is 4. The number of aromatic amines is 1. The monoisotopic (exact) mass is 545 g/mol. The van der Waals surface area contributed by atoms with Crippen LogP contribution in [0.2, 0.25) is 0 Å². The van der Waals surface area contributed by atoms with E-state index in [4.69, 9.17) is 4.99 Å². The maximum atomic E-state index is 13.1. The number of carbonyl (C=O) groups is 1. The van der Waals surface area contributed by atoms with Gasteiger partial charge in [0.15, 0.2) is 0 Å². The topological polar surface area (TPSA) is 89.1 Å². The van der Waals surface area contributed by atoms with Crippen LogP contribution in [0.5, 0.6) is 0 Å². The molecule has 2 aliphatic heterocycles. The van der Waals surface area contributed by atoms with Crippen LogP contribution in [-0.2, 0) is 14.8 Å². The van der Waals surface area contributed by atoms with Crippen molar-refractivity contribution in [3.05, 3.63) is 47.5 Å². The van der Waals surface area contributed by atoms with Crippen LogP contribution in [0, 0.1) is 0 Å². The number of likely N-dealkylation sites (N-methyl/N-ethyl adjacent to an activating group) is 1. The minimum Gasteiger partial charge on any atom is -0.351 e. The van der Waals surface area contributed by atoms with Gasteiger partial charge in [0.1, 0.15) is 9.25 Å². The van der Waals surface area contributed by atoms with Crippen molar-refractivity contribution >= 4 is 60.7 Å². The SMILES string of the molecule is C[C@@H]1CN(C(=O)CC2CN=C(c3cc4cccc(N(C)S(=O)(=O)c5cccs5)c4[nH]3)S2)C[C@H](C)N1C. The first kappa shape index (κ1) is 25.3. The molecule has 5 rings (SSSR count). The summed E-state index contributed by atoms with van der Waals surface area (Å²) >= 11 is 2.83. The fraction of sp³-hybridized carbons (Fsp3) is 0.440. The molecule has 1 N–H and O–H groups in total. The summed E-state index contributed by atoms with van der Waals surface area (Å²) in [6, 6.07) is 11.7. The van der Waals surface area contributed by atoms with Crippen LogP contribution in [0.3, 0.4) is 0 Å². The third kappa shape index (κ3) is 4.69. The first-order valence-corrected chi connectivity index (χ1v) is 15.2. The summed E-state index contributed by atoms with van der Waals surface area (Å²) in [4.78, 5) is 25.5. The van der Waals surface area contributed by atoms with E-state index in [-0.39, 0.29) is 11.2 Å². The number of sulfonamides is 1. The predicted octanol–water partition coefficient (Wildman–Crippen LogP) is 3.86. The van der Waals surface area contributed by atoms with Crippen molar-refractivity contribution in [1.29, 1.82) is 0 Å².